The molecule has 2 aromatic rings. The lowest BCUT2D eigenvalue weighted by atomic mass is 10.2. The Morgan fingerprint density at radius 2 is 2.21 bits per heavy atom. The van der Waals surface area contributed by atoms with E-state index in [9.17, 15) is 9.59 Å². The highest BCUT2D eigenvalue weighted by Crippen LogP contribution is 2.19. The molecule has 6 nitrogen and oxygen atoms in total. The van der Waals surface area contributed by atoms with Crippen LogP contribution in [0.3, 0.4) is 0 Å². The van der Waals surface area contributed by atoms with Gasteiger partial charge in [0.25, 0.3) is 0 Å². The largest absolute Gasteiger partial charge is 0.339 e. The van der Waals surface area contributed by atoms with E-state index >= 15 is 0 Å². The van der Waals surface area contributed by atoms with Crippen LogP contribution in [0.15, 0.2) is 35.6 Å². The van der Waals surface area contributed by atoms with Crippen molar-refractivity contribution in [3.8, 4) is 0 Å². The molecule has 1 amide bonds. The van der Waals surface area contributed by atoms with Gasteiger partial charge in [0.2, 0.25) is 5.91 Å². The van der Waals surface area contributed by atoms with Crippen molar-refractivity contribution < 1.29 is 9.59 Å². The molecule has 0 fully saturated rings. The van der Waals surface area contributed by atoms with Crippen LogP contribution < -0.4 is 10.7 Å². The molecule has 0 radical (unpaired) electrons. The average molecular weight is 256 g/mol. The number of para-hydroxylation sites is 1. The van der Waals surface area contributed by atoms with Gasteiger partial charge in [0.1, 0.15) is 12.4 Å². The molecule has 1 aromatic heterocycles. The number of fused-ring (bicyclic) bond motifs is 1. The van der Waals surface area contributed by atoms with Crippen molar-refractivity contribution in [2.45, 2.75) is 6.54 Å². The zero-order chi connectivity index (χ0) is 13.2. The Balaban J connectivity index is 1.99. The number of hydrazone groups is 1. The summed E-state index contributed by atoms with van der Waals surface area (Å²) < 4.78 is 1.89. The number of nitrogens with zero attached hydrogens (tertiary/aromatic N) is 2. The van der Waals surface area contributed by atoms with Gasteiger partial charge in [0.05, 0.1) is 6.54 Å². The molecular formula is C13H12N4O2. The van der Waals surface area contributed by atoms with Crippen LogP contribution in [0.1, 0.15) is 10.4 Å². The van der Waals surface area contributed by atoms with Crippen LogP contribution in [-0.4, -0.2) is 29.1 Å². The number of amides is 1. The highest BCUT2D eigenvalue weighted by atomic mass is 16.2. The first-order valence-electron chi connectivity index (χ1n) is 5.90. The van der Waals surface area contributed by atoms with Gasteiger partial charge in [-0.15, -0.1) is 0 Å². The Bertz CT molecular complexity index is 687. The van der Waals surface area contributed by atoms with E-state index in [0.717, 1.165) is 17.2 Å². The van der Waals surface area contributed by atoms with E-state index < -0.39 is 0 Å². The van der Waals surface area contributed by atoms with Crippen LogP contribution in [0.2, 0.25) is 0 Å². The second-order valence-electron chi connectivity index (χ2n) is 4.29. The number of aldehydes is 1. The minimum atomic E-state index is -0.114. The summed E-state index contributed by atoms with van der Waals surface area (Å²) in [5.41, 5.74) is 4.23. The zero-order valence-electron chi connectivity index (χ0n) is 10.1. The van der Waals surface area contributed by atoms with Crippen LogP contribution in [0, 0.1) is 0 Å². The second kappa shape index (κ2) is 4.56. The minimum Gasteiger partial charge on any atom is -0.339 e. The molecular weight excluding hydrogens is 244 g/mol. The Hall–Kier alpha value is -2.63. The molecule has 1 aliphatic heterocycles. The average Bonchev–Trinajstić information content (AvgIpc) is 2.77. The van der Waals surface area contributed by atoms with Crippen molar-refractivity contribution >= 4 is 28.9 Å². The van der Waals surface area contributed by atoms with E-state index in [1.54, 1.807) is 6.20 Å². The van der Waals surface area contributed by atoms with Gasteiger partial charge >= 0.3 is 0 Å². The van der Waals surface area contributed by atoms with Crippen molar-refractivity contribution in [1.82, 2.24) is 15.3 Å². The summed E-state index contributed by atoms with van der Waals surface area (Å²) in [4.78, 5) is 22.3. The first-order chi connectivity index (χ1) is 9.28. The molecule has 0 saturated heterocycles. The number of amidine groups is 1. The summed E-state index contributed by atoms with van der Waals surface area (Å²) in [6, 6.07) is 7.63. The lowest BCUT2D eigenvalue weighted by Gasteiger charge is -2.15. The fourth-order valence-corrected chi connectivity index (χ4v) is 2.18. The molecule has 0 saturated carbocycles. The molecule has 0 spiro atoms. The second-order valence-corrected chi connectivity index (χ2v) is 4.29. The third-order valence-electron chi connectivity index (χ3n) is 3.00. The van der Waals surface area contributed by atoms with E-state index in [2.05, 4.69) is 15.8 Å². The summed E-state index contributed by atoms with van der Waals surface area (Å²) in [6.45, 7) is 0.600. The highest BCUT2D eigenvalue weighted by molar-refractivity contribution is 6.02. The molecule has 19 heavy (non-hydrogen) atoms. The number of benzene rings is 1. The number of hydrogen-bond donors (Lipinski definition) is 2. The van der Waals surface area contributed by atoms with Gasteiger partial charge in [-0.1, -0.05) is 18.2 Å². The van der Waals surface area contributed by atoms with Crippen LogP contribution in [-0.2, 0) is 11.3 Å². The molecule has 96 valence electrons. The van der Waals surface area contributed by atoms with E-state index in [1.165, 1.54) is 0 Å². The van der Waals surface area contributed by atoms with Gasteiger partial charge < -0.3 is 9.88 Å². The number of rotatable bonds is 3. The zero-order valence-corrected chi connectivity index (χ0v) is 10.1. The molecule has 6 heteroatoms. The molecule has 0 unspecified atom stereocenters. The lowest BCUT2D eigenvalue weighted by molar-refractivity contribution is -0.119. The molecule has 3 rings (SSSR count). The Morgan fingerprint density at radius 3 is 3.00 bits per heavy atom. The van der Waals surface area contributed by atoms with Crippen LogP contribution in [0.4, 0.5) is 0 Å². The molecule has 1 aliphatic rings. The summed E-state index contributed by atoms with van der Waals surface area (Å²) in [6.07, 6.45) is 2.60. The minimum absolute atomic E-state index is 0.114. The van der Waals surface area contributed by atoms with E-state index in [-0.39, 0.29) is 12.5 Å². The number of hydrogen-bond acceptors (Lipinski definition) is 4. The molecule has 2 N–H and O–H groups in total. The van der Waals surface area contributed by atoms with E-state index in [0.29, 0.717) is 17.9 Å². The number of carbonyl (C=O) groups is 2. The van der Waals surface area contributed by atoms with Crippen molar-refractivity contribution in [1.29, 1.82) is 0 Å². The topological polar surface area (TPSA) is 75.5 Å². The highest BCUT2D eigenvalue weighted by Gasteiger charge is 2.14. The molecule has 1 aromatic carbocycles. The maximum Gasteiger partial charge on any atom is 0.246 e. The Kier molecular flexibility index (Phi) is 2.75. The fraction of sp³-hybridized carbons (Fsp3) is 0.154. The molecule has 2 heterocycles. The summed E-state index contributed by atoms with van der Waals surface area (Å²) in [7, 11) is 0. The molecule has 0 bridgehead atoms. The lowest BCUT2D eigenvalue weighted by Crippen LogP contribution is -2.44. The SMILES string of the molecule is O=Cc1cn(CC2=NNCC(=O)N2)c2ccccc12. The first-order valence-corrected chi connectivity index (χ1v) is 5.90. The number of aromatic nitrogens is 1. The van der Waals surface area contributed by atoms with Crippen molar-refractivity contribution in [2.75, 3.05) is 6.54 Å². The van der Waals surface area contributed by atoms with Gasteiger partial charge in [0.15, 0.2) is 6.29 Å². The quantitative estimate of drug-likeness (QED) is 0.785. The number of carbonyl (C=O) groups excluding carboxylic acids is 2. The van der Waals surface area contributed by atoms with Crippen LogP contribution in [0.5, 0.6) is 0 Å². The van der Waals surface area contributed by atoms with Gasteiger partial charge in [-0.2, -0.15) is 5.10 Å². The van der Waals surface area contributed by atoms with E-state index in [1.807, 2.05) is 28.8 Å². The summed E-state index contributed by atoms with van der Waals surface area (Å²) in [5, 5.41) is 7.64. The fourth-order valence-electron chi connectivity index (χ4n) is 2.18. The maximum absolute atomic E-state index is 11.3. The Morgan fingerprint density at radius 1 is 1.37 bits per heavy atom. The van der Waals surface area contributed by atoms with Gasteiger partial charge in [-0.05, 0) is 6.07 Å². The predicted molar refractivity (Wildman–Crippen MR) is 70.9 cm³/mol. The summed E-state index contributed by atoms with van der Waals surface area (Å²) >= 11 is 0. The third kappa shape index (κ3) is 2.08. The van der Waals surface area contributed by atoms with Crippen LogP contribution >= 0.6 is 0 Å². The summed E-state index contributed by atoms with van der Waals surface area (Å²) in [5.74, 6) is 0.423. The smallest absolute Gasteiger partial charge is 0.246 e. The standard InChI is InChI=1S/C13H12N4O2/c18-8-9-6-17(11-4-2-1-3-10(9)11)7-12-15-13(19)5-14-16-12/h1-4,6,8,14H,5,7H2,(H,15,16,19). The maximum atomic E-state index is 11.3. The van der Waals surface area contributed by atoms with Gasteiger partial charge in [-0.25, -0.2) is 0 Å². The monoisotopic (exact) mass is 256 g/mol. The van der Waals surface area contributed by atoms with Gasteiger partial charge in [0, 0.05) is 22.7 Å². The Labute approximate surface area is 109 Å². The predicted octanol–water partition coefficient (Wildman–Crippen LogP) is 0.487. The number of nitrogens with one attached hydrogen (secondary N) is 2. The normalized spacial score (nSPS) is 14.7. The van der Waals surface area contributed by atoms with Crippen molar-refractivity contribution in [3.05, 3.63) is 36.0 Å². The third-order valence-corrected chi connectivity index (χ3v) is 3.00. The molecule has 0 atom stereocenters. The van der Waals surface area contributed by atoms with Crippen molar-refractivity contribution in [3.63, 3.8) is 0 Å². The molecule has 0 aliphatic carbocycles. The van der Waals surface area contributed by atoms with Crippen LogP contribution in [0.25, 0.3) is 10.9 Å². The van der Waals surface area contributed by atoms with E-state index in [4.69, 9.17) is 0 Å². The van der Waals surface area contributed by atoms with Gasteiger partial charge in [-0.3, -0.25) is 15.0 Å². The van der Waals surface area contributed by atoms with Crippen molar-refractivity contribution in [2.24, 2.45) is 5.10 Å². The first kappa shape index (κ1) is 11.5.